The molecule has 5 heteroatoms. The highest BCUT2D eigenvalue weighted by Gasteiger charge is 2.41. The van der Waals surface area contributed by atoms with Crippen molar-refractivity contribution < 1.29 is 9.18 Å². The monoisotopic (exact) mass is 368 g/mol. The van der Waals surface area contributed by atoms with Crippen LogP contribution in [-0.2, 0) is 10.2 Å². The maximum atomic E-state index is 13.7. The van der Waals surface area contributed by atoms with Gasteiger partial charge in [0.2, 0.25) is 5.91 Å². The van der Waals surface area contributed by atoms with Gasteiger partial charge in [-0.3, -0.25) is 4.79 Å². The molecule has 1 amide bonds. The normalized spacial score (nSPS) is 22.7. The lowest BCUT2D eigenvalue weighted by atomic mass is 9.68. The minimum Gasteiger partial charge on any atom is -0.355 e. The Bertz CT molecular complexity index is 554. The van der Waals surface area contributed by atoms with E-state index < -0.39 is 5.41 Å². The third-order valence-corrected chi connectivity index (χ3v) is 5.76. The van der Waals surface area contributed by atoms with E-state index >= 15 is 0 Å². The van der Waals surface area contributed by atoms with E-state index in [9.17, 15) is 9.18 Å². The topological polar surface area (TPSA) is 41.1 Å². The number of hydrogen-bond donors (Lipinski definition) is 2. The first-order valence-corrected chi connectivity index (χ1v) is 9.46. The molecule has 1 aromatic rings. The van der Waals surface area contributed by atoms with Gasteiger partial charge in [0.1, 0.15) is 5.82 Å². The zero-order chi connectivity index (χ0) is 16.8. The Morgan fingerprint density at radius 3 is 2.72 bits per heavy atom. The number of hydrogen-bond acceptors (Lipinski definition) is 2. The molecule has 2 fully saturated rings. The van der Waals surface area contributed by atoms with Gasteiger partial charge in [0, 0.05) is 6.54 Å². The van der Waals surface area contributed by atoms with Gasteiger partial charge >= 0.3 is 0 Å². The standard InChI is InChI=1S/C20H29FN2O.ClH/c21-18-8-4-7-17(14-18)20(10-2-1-3-11-20)19(24)23-13-9-16-6-5-12-22-15-16;/h4,7-8,14,16,22H,1-3,5-6,9-13,15H2,(H,23,24);1H. The van der Waals surface area contributed by atoms with Crippen molar-refractivity contribution in [1.82, 2.24) is 10.6 Å². The van der Waals surface area contributed by atoms with Crippen molar-refractivity contribution in [2.24, 2.45) is 5.92 Å². The summed E-state index contributed by atoms with van der Waals surface area (Å²) >= 11 is 0. The Labute approximate surface area is 156 Å². The number of carbonyl (C=O) groups is 1. The van der Waals surface area contributed by atoms with Crippen LogP contribution in [0.3, 0.4) is 0 Å². The molecule has 1 saturated carbocycles. The molecule has 25 heavy (non-hydrogen) atoms. The molecule has 3 nitrogen and oxygen atoms in total. The van der Waals surface area contributed by atoms with E-state index in [-0.39, 0.29) is 24.1 Å². The number of benzene rings is 1. The second kappa shape index (κ2) is 9.54. The van der Waals surface area contributed by atoms with Crippen molar-refractivity contribution in [2.45, 2.75) is 56.8 Å². The number of piperidine rings is 1. The van der Waals surface area contributed by atoms with Crippen molar-refractivity contribution in [2.75, 3.05) is 19.6 Å². The van der Waals surface area contributed by atoms with Crippen LogP contribution in [0.5, 0.6) is 0 Å². The van der Waals surface area contributed by atoms with E-state index in [0.717, 1.165) is 63.7 Å². The van der Waals surface area contributed by atoms with E-state index in [0.29, 0.717) is 5.92 Å². The lowest BCUT2D eigenvalue weighted by Crippen LogP contribution is -2.46. The predicted molar refractivity (Wildman–Crippen MR) is 102 cm³/mol. The summed E-state index contributed by atoms with van der Waals surface area (Å²) in [6, 6.07) is 6.64. The molecule has 2 N–H and O–H groups in total. The van der Waals surface area contributed by atoms with Gasteiger partial charge in [0.05, 0.1) is 5.41 Å². The third kappa shape index (κ3) is 4.95. The van der Waals surface area contributed by atoms with Crippen LogP contribution in [-0.4, -0.2) is 25.5 Å². The highest BCUT2D eigenvalue weighted by Crippen LogP contribution is 2.40. The van der Waals surface area contributed by atoms with Crippen LogP contribution in [0.4, 0.5) is 4.39 Å². The van der Waals surface area contributed by atoms with Gasteiger partial charge < -0.3 is 10.6 Å². The van der Waals surface area contributed by atoms with Crippen molar-refractivity contribution >= 4 is 18.3 Å². The highest BCUT2D eigenvalue weighted by atomic mass is 35.5. The van der Waals surface area contributed by atoms with Crippen LogP contribution in [0.2, 0.25) is 0 Å². The summed E-state index contributed by atoms with van der Waals surface area (Å²) in [4.78, 5) is 13.0. The van der Waals surface area contributed by atoms with Crippen molar-refractivity contribution in [3.63, 3.8) is 0 Å². The summed E-state index contributed by atoms with van der Waals surface area (Å²) in [5.74, 6) is 0.505. The summed E-state index contributed by atoms with van der Waals surface area (Å²) in [5, 5.41) is 6.59. The molecule has 1 aliphatic carbocycles. The number of nitrogens with one attached hydrogen (secondary N) is 2. The number of halogens is 2. The molecule has 1 unspecified atom stereocenters. The Hall–Kier alpha value is -1.13. The van der Waals surface area contributed by atoms with Crippen molar-refractivity contribution in [1.29, 1.82) is 0 Å². The first-order valence-electron chi connectivity index (χ1n) is 9.46. The number of carbonyl (C=O) groups excluding carboxylic acids is 1. The molecule has 1 heterocycles. The molecule has 1 saturated heterocycles. The smallest absolute Gasteiger partial charge is 0.230 e. The van der Waals surface area contributed by atoms with Crippen LogP contribution in [0.15, 0.2) is 24.3 Å². The second-order valence-corrected chi connectivity index (χ2v) is 7.41. The van der Waals surface area contributed by atoms with Gasteiger partial charge in [-0.1, -0.05) is 31.4 Å². The SMILES string of the molecule is Cl.O=C(NCCC1CCCNC1)C1(c2cccc(F)c2)CCCCC1. The van der Waals surface area contributed by atoms with E-state index in [1.54, 1.807) is 12.1 Å². The minimum atomic E-state index is -0.537. The van der Waals surface area contributed by atoms with Gasteiger partial charge in [-0.25, -0.2) is 4.39 Å². The molecule has 1 atom stereocenters. The summed E-state index contributed by atoms with van der Waals surface area (Å²) in [5.41, 5.74) is 0.310. The van der Waals surface area contributed by atoms with E-state index in [1.165, 1.54) is 18.9 Å². The molecule has 1 aliphatic heterocycles. The van der Waals surface area contributed by atoms with E-state index in [1.807, 2.05) is 6.07 Å². The molecule has 0 radical (unpaired) electrons. The molecule has 0 spiro atoms. The Morgan fingerprint density at radius 2 is 2.04 bits per heavy atom. The van der Waals surface area contributed by atoms with E-state index in [4.69, 9.17) is 0 Å². The second-order valence-electron chi connectivity index (χ2n) is 7.41. The van der Waals surface area contributed by atoms with Gasteiger partial charge in [-0.05, 0) is 68.8 Å². The fraction of sp³-hybridized carbons (Fsp3) is 0.650. The Balaban J connectivity index is 0.00000225. The molecule has 2 aliphatic rings. The maximum Gasteiger partial charge on any atom is 0.230 e. The lowest BCUT2D eigenvalue weighted by Gasteiger charge is -2.36. The summed E-state index contributed by atoms with van der Waals surface area (Å²) in [6.45, 7) is 2.90. The fourth-order valence-electron chi connectivity index (χ4n) is 4.32. The van der Waals surface area contributed by atoms with Gasteiger partial charge in [0.25, 0.3) is 0 Å². The molecular formula is C20H30ClFN2O. The average molecular weight is 369 g/mol. The van der Waals surface area contributed by atoms with Crippen LogP contribution in [0.25, 0.3) is 0 Å². The fourth-order valence-corrected chi connectivity index (χ4v) is 4.32. The largest absolute Gasteiger partial charge is 0.355 e. The zero-order valence-corrected chi connectivity index (χ0v) is 15.7. The summed E-state index contributed by atoms with van der Waals surface area (Å²) in [7, 11) is 0. The lowest BCUT2D eigenvalue weighted by molar-refractivity contribution is -0.128. The molecule has 0 aromatic heterocycles. The molecule has 3 rings (SSSR count). The quantitative estimate of drug-likeness (QED) is 0.826. The van der Waals surface area contributed by atoms with Crippen molar-refractivity contribution in [3.05, 3.63) is 35.6 Å². The van der Waals surface area contributed by atoms with Crippen LogP contribution < -0.4 is 10.6 Å². The van der Waals surface area contributed by atoms with Crippen LogP contribution in [0, 0.1) is 11.7 Å². The zero-order valence-electron chi connectivity index (χ0n) is 14.9. The number of amides is 1. The van der Waals surface area contributed by atoms with Gasteiger partial charge in [-0.2, -0.15) is 0 Å². The molecule has 1 aromatic carbocycles. The Kier molecular flexibility index (Phi) is 7.70. The van der Waals surface area contributed by atoms with E-state index in [2.05, 4.69) is 10.6 Å². The third-order valence-electron chi connectivity index (χ3n) is 5.76. The van der Waals surface area contributed by atoms with Crippen LogP contribution >= 0.6 is 12.4 Å². The summed E-state index contributed by atoms with van der Waals surface area (Å²) in [6.07, 6.45) is 8.40. The van der Waals surface area contributed by atoms with Crippen LogP contribution in [0.1, 0.15) is 56.9 Å². The minimum absolute atomic E-state index is 0. The summed E-state index contributed by atoms with van der Waals surface area (Å²) < 4.78 is 13.7. The molecule has 140 valence electrons. The maximum absolute atomic E-state index is 13.7. The van der Waals surface area contributed by atoms with Crippen molar-refractivity contribution in [3.8, 4) is 0 Å². The van der Waals surface area contributed by atoms with Gasteiger partial charge in [0.15, 0.2) is 0 Å². The first kappa shape index (κ1) is 20.2. The number of rotatable bonds is 5. The molecular weight excluding hydrogens is 339 g/mol. The average Bonchev–Trinajstić information content (AvgIpc) is 2.63. The Morgan fingerprint density at radius 1 is 1.24 bits per heavy atom. The first-order chi connectivity index (χ1) is 11.7. The highest BCUT2D eigenvalue weighted by molar-refractivity contribution is 5.88. The van der Waals surface area contributed by atoms with Gasteiger partial charge in [-0.15, -0.1) is 12.4 Å². The predicted octanol–water partition coefficient (Wildman–Crippen LogP) is 3.96. The molecule has 0 bridgehead atoms.